The highest BCUT2D eigenvalue weighted by molar-refractivity contribution is 8.00. The maximum absolute atomic E-state index is 13.1. The van der Waals surface area contributed by atoms with Gasteiger partial charge in [-0.2, -0.15) is 0 Å². The van der Waals surface area contributed by atoms with Gasteiger partial charge in [0, 0.05) is 22.2 Å². The predicted molar refractivity (Wildman–Crippen MR) is 150 cm³/mol. The molecule has 3 aromatic carbocycles. The lowest BCUT2D eigenvalue weighted by Gasteiger charge is -2.12. The van der Waals surface area contributed by atoms with Crippen LogP contribution < -0.4 is 21.7 Å². The molecule has 0 spiro atoms. The molecular formula is C29H24N4O5S. The lowest BCUT2D eigenvalue weighted by atomic mass is 10.1. The van der Waals surface area contributed by atoms with Crippen molar-refractivity contribution < 1.29 is 23.6 Å². The molecule has 0 bridgehead atoms. The second-order valence-electron chi connectivity index (χ2n) is 8.12. The van der Waals surface area contributed by atoms with Crippen molar-refractivity contribution in [1.82, 2.24) is 5.32 Å². The Morgan fingerprint density at radius 3 is 2.36 bits per heavy atom. The number of para-hydroxylation sites is 1. The fraction of sp³-hybridized carbons (Fsp3) is 0.0345. The number of anilines is 2. The van der Waals surface area contributed by atoms with Crippen molar-refractivity contribution in [3.05, 3.63) is 120 Å². The van der Waals surface area contributed by atoms with Gasteiger partial charge in [-0.25, -0.2) is 0 Å². The van der Waals surface area contributed by atoms with Crippen LogP contribution in [0, 0.1) is 0 Å². The normalized spacial score (nSPS) is 10.9. The summed E-state index contributed by atoms with van der Waals surface area (Å²) < 4.78 is 5.31. The van der Waals surface area contributed by atoms with E-state index in [9.17, 15) is 19.2 Å². The zero-order valence-corrected chi connectivity index (χ0v) is 21.4. The average Bonchev–Trinajstić information content (AvgIpc) is 3.45. The molecule has 10 heteroatoms. The van der Waals surface area contributed by atoms with Crippen LogP contribution in [0.3, 0.4) is 0 Å². The van der Waals surface area contributed by atoms with E-state index in [0.717, 1.165) is 4.90 Å². The number of carbonyl (C=O) groups is 4. The van der Waals surface area contributed by atoms with Crippen LogP contribution in [-0.2, 0) is 9.59 Å². The second kappa shape index (κ2) is 12.9. The van der Waals surface area contributed by atoms with Gasteiger partial charge in [-0.3, -0.25) is 19.2 Å². The van der Waals surface area contributed by atoms with E-state index in [-0.39, 0.29) is 22.9 Å². The molecule has 4 amide bonds. The summed E-state index contributed by atoms with van der Waals surface area (Å²) in [7, 11) is 0. The first-order chi connectivity index (χ1) is 18.9. The number of rotatable bonds is 10. The zero-order chi connectivity index (χ0) is 27.6. The molecule has 0 radical (unpaired) electrons. The largest absolute Gasteiger partial charge is 0.465 e. The molecule has 4 aromatic rings. The molecule has 0 atom stereocenters. The van der Waals surface area contributed by atoms with Crippen LogP contribution in [-0.4, -0.2) is 29.4 Å². The quantitative estimate of drug-likeness (QED) is 0.172. The average molecular weight is 541 g/mol. The van der Waals surface area contributed by atoms with Gasteiger partial charge < -0.3 is 26.1 Å². The third kappa shape index (κ3) is 7.70. The smallest absolute Gasteiger partial charge is 0.272 e. The van der Waals surface area contributed by atoms with Crippen molar-refractivity contribution in [3.63, 3.8) is 0 Å². The Morgan fingerprint density at radius 2 is 1.62 bits per heavy atom. The van der Waals surface area contributed by atoms with Gasteiger partial charge in [0.2, 0.25) is 5.91 Å². The topological polar surface area (TPSA) is 144 Å². The summed E-state index contributed by atoms with van der Waals surface area (Å²) in [6, 6.07) is 25.3. The summed E-state index contributed by atoms with van der Waals surface area (Å²) in [5, 5.41) is 8.10. The monoisotopic (exact) mass is 540 g/mol. The number of hydrogen-bond donors (Lipinski definition) is 4. The number of thioether (sulfide) groups is 1. The van der Waals surface area contributed by atoms with E-state index in [0.29, 0.717) is 22.7 Å². The minimum atomic E-state index is -0.637. The highest BCUT2D eigenvalue weighted by atomic mass is 32.2. The van der Waals surface area contributed by atoms with E-state index in [4.69, 9.17) is 10.2 Å². The van der Waals surface area contributed by atoms with Crippen LogP contribution in [0.4, 0.5) is 11.4 Å². The molecule has 0 aliphatic rings. The van der Waals surface area contributed by atoms with Crippen molar-refractivity contribution in [2.24, 2.45) is 5.73 Å². The van der Waals surface area contributed by atoms with Crippen molar-refractivity contribution >= 4 is 52.8 Å². The fourth-order valence-electron chi connectivity index (χ4n) is 3.46. The molecule has 39 heavy (non-hydrogen) atoms. The summed E-state index contributed by atoms with van der Waals surface area (Å²) in [5.74, 6) is -1.52. The molecule has 4 rings (SSSR count). The first kappa shape index (κ1) is 27.0. The van der Waals surface area contributed by atoms with Crippen molar-refractivity contribution in [2.45, 2.75) is 4.90 Å². The maximum atomic E-state index is 13.1. The number of benzene rings is 3. The number of furan rings is 1. The molecule has 0 saturated heterocycles. The molecular weight excluding hydrogens is 516 g/mol. The Balaban J connectivity index is 1.41. The summed E-state index contributed by atoms with van der Waals surface area (Å²) in [4.78, 5) is 50.6. The Kier molecular flexibility index (Phi) is 8.94. The van der Waals surface area contributed by atoms with Crippen LogP contribution in [0.1, 0.15) is 26.5 Å². The second-order valence-corrected chi connectivity index (χ2v) is 9.17. The number of nitrogens with one attached hydrogen (secondary N) is 3. The van der Waals surface area contributed by atoms with Gasteiger partial charge >= 0.3 is 0 Å². The number of carbonyl (C=O) groups excluding carboxylic acids is 4. The minimum absolute atomic E-state index is 0.00986. The van der Waals surface area contributed by atoms with Crippen LogP contribution in [0.25, 0.3) is 6.08 Å². The first-order valence-electron chi connectivity index (χ1n) is 11.7. The van der Waals surface area contributed by atoms with Crippen molar-refractivity contribution in [2.75, 3.05) is 16.4 Å². The fourth-order valence-corrected chi connectivity index (χ4v) is 4.22. The van der Waals surface area contributed by atoms with Crippen LogP contribution in [0.15, 0.2) is 112 Å². The van der Waals surface area contributed by atoms with E-state index >= 15 is 0 Å². The molecule has 0 aliphatic carbocycles. The maximum Gasteiger partial charge on any atom is 0.272 e. The predicted octanol–water partition coefficient (Wildman–Crippen LogP) is 4.52. The van der Waals surface area contributed by atoms with Gasteiger partial charge in [-0.05, 0) is 54.6 Å². The van der Waals surface area contributed by atoms with E-state index < -0.39 is 17.7 Å². The zero-order valence-electron chi connectivity index (χ0n) is 20.5. The highest BCUT2D eigenvalue weighted by Gasteiger charge is 2.16. The Bertz CT molecular complexity index is 1520. The molecule has 1 heterocycles. The number of hydrogen-bond acceptors (Lipinski definition) is 6. The van der Waals surface area contributed by atoms with E-state index in [1.165, 1.54) is 30.2 Å². The van der Waals surface area contributed by atoms with Crippen molar-refractivity contribution in [3.8, 4) is 0 Å². The van der Waals surface area contributed by atoms with Gasteiger partial charge in [-0.15, -0.1) is 11.8 Å². The lowest BCUT2D eigenvalue weighted by Crippen LogP contribution is -2.30. The summed E-state index contributed by atoms with van der Waals surface area (Å²) >= 11 is 1.24. The van der Waals surface area contributed by atoms with Gasteiger partial charge in [0.05, 0.1) is 23.3 Å². The number of amides is 4. The lowest BCUT2D eigenvalue weighted by molar-refractivity contribution is -0.114. The molecule has 0 unspecified atom stereocenters. The summed E-state index contributed by atoms with van der Waals surface area (Å²) in [5.41, 5.74) is 6.77. The molecule has 5 N–H and O–H groups in total. The highest BCUT2D eigenvalue weighted by Crippen LogP contribution is 2.23. The van der Waals surface area contributed by atoms with Gasteiger partial charge in [-0.1, -0.05) is 36.4 Å². The molecule has 9 nitrogen and oxygen atoms in total. The Labute approximate surface area is 228 Å². The number of primary amides is 1. The van der Waals surface area contributed by atoms with E-state index in [1.54, 1.807) is 84.9 Å². The third-order valence-electron chi connectivity index (χ3n) is 5.29. The van der Waals surface area contributed by atoms with Crippen LogP contribution in [0.2, 0.25) is 0 Å². The SMILES string of the molecule is NC(=O)c1ccccc1NC(=O)CSc1cccc(NC(=O)/C(=C\c2ccco2)NC(=O)c2ccccc2)c1. The molecule has 0 fully saturated rings. The standard InChI is InChI=1S/C29H24N4O5S/c30-27(35)23-13-4-5-14-24(23)32-26(34)18-39-22-12-6-10-20(16-22)31-29(37)25(17-21-11-7-15-38-21)33-28(36)19-8-2-1-3-9-19/h1-17H,18H2,(H2,30,35)(H,31,37)(H,32,34)(H,33,36)/b25-17+. The molecule has 1 aromatic heterocycles. The van der Waals surface area contributed by atoms with Crippen LogP contribution in [0.5, 0.6) is 0 Å². The van der Waals surface area contributed by atoms with E-state index in [1.807, 2.05) is 0 Å². The summed E-state index contributed by atoms with van der Waals surface area (Å²) in [6.45, 7) is 0. The summed E-state index contributed by atoms with van der Waals surface area (Å²) in [6.07, 6.45) is 2.90. The molecule has 196 valence electrons. The first-order valence-corrected chi connectivity index (χ1v) is 12.7. The van der Waals surface area contributed by atoms with Crippen molar-refractivity contribution in [1.29, 1.82) is 0 Å². The van der Waals surface area contributed by atoms with Gasteiger partial charge in [0.1, 0.15) is 11.5 Å². The Hall–Kier alpha value is -5.09. The van der Waals surface area contributed by atoms with Gasteiger partial charge in [0.25, 0.3) is 17.7 Å². The third-order valence-corrected chi connectivity index (χ3v) is 6.28. The van der Waals surface area contributed by atoms with Gasteiger partial charge in [0.15, 0.2) is 0 Å². The molecule has 0 aliphatic heterocycles. The Morgan fingerprint density at radius 1 is 0.846 bits per heavy atom. The van der Waals surface area contributed by atoms with Crippen LogP contribution >= 0.6 is 11.8 Å². The minimum Gasteiger partial charge on any atom is -0.465 e. The molecule has 0 saturated carbocycles. The van der Waals surface area contributed by atoms with E-state index in [2.05, 4.69) is 16.0 Å². The number of nitrogens with two attached hydrogens (primary N) is 1.